The summed E-state index contributed by atoms with van der Waals surface area (Å²) in [4.78, 5) is 29.8. The van der Waals surface area contributed by atoms with Crippen molar-refractivity contribution in [3.63, 3.8) is 0 Å². The van der Waals surface area contributed by atoms with Gasteiger partial charge in [0.25, 0.3) is 0 Å². The molecule has 1 unspecified atom stereocenters. The maximum atomic E-state index is 12.7. The van der Waals surface area contributed by atoms with Crippen molar-refractivity contribution in [2.24, 2.45) is 0 Å². The van der Waals surface area contributed by atoms with E-state index in [1.54, 1.807) is 30.6 Å². The van der Waals surface area contributed by atoms with Crippen LogP contribution in [0.2, 0.25) is 0 Å². The molecule has 0 aliphatic carbocycles. The second-order valence-corrected chi connectivity index (χ2v) is 9.73. The van der Waals surface area contributed by atoms with Crippen LogP contribution in [-0.2, 0) is 27.3 Å². The Hall–Kier alpha value is -3.20. The van der Waals surface area contributed by atoms with E-state index in [2.05, 4.69) is 4.90 Å². The molecule has 0 N–H and O–H groups in total. The highest BCUT2D eigenvalue weighted by Crippen LogP contribution is 2.25. The normalized spacial score (nSPS) is 14.9. The molecule has 1 aromatic heterocycles. The molecule has 1 aliphatic heterocycles. The molecule has 3 aromatic rings. The minimum Gasteiger partial charge on any atom is -0.497 e. The van der Waals surface area contributed by atoms with Crippen molar-refractivity contribution in [3.05, 3.63) is 87.6 Å². The van der Waals surface area contributed by atoms with Gasteiger partial charge in [-0.25, -0.2) is 4.79 Å². The van der Waals surface area contributed by atoms with Gasteiger partial charge in [0.15, 0.2) is 0 Å². The first-order valence-corrected chi connectivity index (χ1v) is 12.9. The minimum atomic E-state index is -0.357. The highest BCUT2D eigenvalue weighted by atomic mass is 32.1. The van der Waals surface area contributed by atoms with Gasteiger partial charge >= 0.3 is 5.97 Å². The second kappa shape index (κ2) is 12.7. The average molecular weight is 509 g/mol. The molecule has 1 saturated heterocycles. The molecule has 0 saturated carbocycles. The number of carbonyl (C=O) groups excluding carboxylic acids is 2. The number of amides is 1. The summed E-state index contributed by atoms with van der Waals surface area (Å²) in [6.07, 6.45) is 0.302. The minimum absolute atomic E-state index is 0.172. The van der Waals surface area contributed by atoms with Crippen molar-refractivity contribution >= 4 is 23.2 Å². The number of piperazine rings is 1. The summed E-state index contributed by atoms with van der Waals surface area (Å²) >= 11 is 1.62. The van der Waals surface area contributed by atoms with Crippen LogP contribution in [0.5, 0.6) is 5.75 Å². The summed E-state index contributed by atoms with van der Waals surface area (Å²) in [6.45, 7) is 4.14. The summed E-state index contributed by atoms with van der Waals surface area (Å²) in [7, 11) is 3.03. The standard InChI is InChI=1S/C28H32N2O5S/c1-33-24-6-3-5-23(17-24)26(35-20-21-8-10-22(11-9-21)28(32)34-2)19-29-12-14-30(15-13-29)27(31)18-25-7-4-16-36-25/h3-11,16-17,26H,12-15,18-20H2,1-2H3. The molecule has 1 atom stereocenters. The number of benzene rings is 2. The number of thiophene rings is 1. The number of rotatable bonds is 10. The van der Waals surface area contributed by atoms with Gasteiger partial charge in [-0.05, 0) is 46.8 Å². The first kappa shape index (κ1) is 25.9. The highest BCUT2D eigenvalue weighted by molar-refractivity contribution is 7.10. The Balaban J connectivity index is 1.38. The Morgan fingerprint density at radius 3 is 2.42 bits per heavy atom. The van der Waals surface area contributed by atoms with Gasteiger partial charge < -0.3 is 19.1 Å². The summed E-state index contributed by atoms with van der Waals surface area (Å²) in [5.74, 6) is 0.616. The third kappa shape index (κ3) is 6.94. The summed E-state index contributed by atoms with van der Waals surface area (Å²) in [5.41, 5.74) is 2.52. The van der Waals surface area contributed by atoms with Crippen molar-refractivity contribution in [1.29, 1.82) is 0 Å². The van der Waals surface area contributed by atoms with Crippen LogP contribution in [0.15, 0.2) is 66.0 Å². The van der Waals surface area contributed by atoms with Gasteiger partial charge in [-0.3, -0.25) is 9.69 Å². The molecule has 0 radical (unpaired) electrons. The second-order valence-electron chi connectivity index (χ2n) is 8.70. The van der Waals surface area contributed by atoms with E-state index in [4.69, 9.17) is 14.2 Å². The zero-order valence-corrected chi connectivity index (χ0v) is 21.5. The first-order valence-electron chi connectivity index (χ1n) is 12.0. The smallest absolute Gasteiger partial charge is 0.337 e. The van der Waals surface area contributed by atoms with Gasteiger partial charge in [-0.1, -0.05) is 30.3 Å². The Morgan fingerprint density at radius 2 is 1.75 bits per heavy atom. The Kier molecular flexibility index (Phi) is 9.11. The van der Waals surface area contributed by atoms with Crippen molar-refractivity contribution in [2.75, 3.05) is 46.9 Å². The lowest BCUT2D eigenvalue weighted by molar-refractivity contribution is -0.132. The van der Waals surface area contributed by atoms with Crippen LogP contribution < -0.4 is 4.74 Å². The maximum absolute atomic E-state index is 12.7. The largest absolute Gasteiger partial charge is 0.497 e. The SMILES string of the molecule is COC(=O)c1ccc(COC(CN2CCN(C(=O)Cc3cccs3)CC2)c2cccc(OC)c2)cc1. The lowest BCUT2D eigenvalue weighted by atomic mass is 10.1. The molecule has 190 valence electrons. The predicted octanol–water partition coefficient (Wildman–Crippen LogP) is 4.19. The van der Waals surface area contributed by atoms with Gasteiger partial charge in [-0.2, -0.15) is 0 Å². The van der Waals surface area contributed by atoms with E-state index in [0.29, 0.717) is 38.2 Å². The zero-order valence-electron chi connectivity index (χ0n) is 20.7. The van der Waals surface area contributed by atoms with Crippen LogP contribution in [0.1, 0.15) is 32.5 Å². The van der Waals surface area contributed by atoms with E-state index in [1.807, 2.05) is 58.8 Å². The molecule has 0 bridgehead atoms. The van der Waals surface area contributed by atoms with E-state index in [1.165, 1.54) is 7.11 Å². The third-order valence-corrected chi connectivity index (χ3v) is 7.22. The molecule has 8 heteroatoms. The number of ether oxygens (including phenoxy) is 3. The monoisotopic (exact) mass is 508 g/mol. The fraction of sp³-hybridized carbons (Fsp3) is 0.357. The summed E-state index contributed by atoms with van der Waals surface area (Å²) < 4.78 is 16.6. The fourth-order valence-corrected chi connectivity index (χ4v) is 4.93. The highest BCUT2D eigenvalue weighted by Gasteiger charge is 2.24. The molecule has 4 rings (SSSR count). The predicted molar refractivity (Wildman–Crippen MR) is 139 cm³/mol. The van der Waals surface area contributed by atoms with Crippen molar-refractivity contribution < 1.29 is 23.8 Å². The first-order chi connectivity index (χ1) is 17.6. The molecule has 7 nitrogen and oxygen atoms in total. The molecular formula is C28H32N2O5S. The number of hydrogen-bond acceptors (Lipinski definition) is 7. The summed E-state index contributed by atoms with van der Waals surface area (Å²) in [5, 5.41) is 2.01. The number of hydrogen-bond donors (Lipinski definition) is 0. The van der Waals surface area contributed by atoms with E-state index in [0.717, 1.165) is 34.8 Å². The van der Waals surface area contributed by atoms with Crippen LogP contribution in [-0.4, -0.2) is 68.6 Å². The molecule has 1 amide bonds. The van der Waals surface area contributed by atoms with Crippen LogP contribution >= 0.6 is 11.3 Å². The van der Waals surface area contributed by atoms with E-state index in [-0.39, 0.29) is 18.0 Å². The number of carbonyl (C=O) groups is 2. The van der Waals surface area contributed by atoms with Crippen LogP contribution in [0.3, 0.4) is 0 Å². The quantitative estimate of drug-likeness (QED) is 0.383. The number of nitrogens with zero attached hydrogens (tertiary/aromatic N) is 2. The Labute approximate surface area is 216 Å². The zero-order chi connectivity index (χ0) is 25.3. The summed E-state index contributed by atoms with van der Waals surface area (Å²) in [6, 6.07) is 19.2. The number of methoxy groups -OCH3 is 2. The van der Waals surface area contributed by atoms with Gasteiger partial charge in [0.2, 0.25) is 5.91 Å². The van der Waals surface area contributed by atoms with Crippen LogP contribution in [0, 0.1) is 0 Å². The fourth-order valence-electron chi connectivity index (χ4n) is 4.24. The van der Waals surface area contributed by atoms with Gasteiger partial charge in [0.05, 0.1) is 38.9 Å². The van der Waals surface area contributed by atoms with Crippen LogP contribution in [0.25, 0.3) is 0 Å². The maximum Gasteiger partial charge on any atom is 0.337 e. The molecule has 1 fully saturated rings. The third-order valence-electron chi connectivity index (χ3n) is 6.35. The van der Waals surface area contributed by atoms with Gasteiger partial charge in [0.1, 0.15) is 5.75 Å². The van der Waals surface area contributed by atoms with Crippen molar-refractivity contribution in [2.45, 2.75) is 19.1 Å². The molecular weight excluding hydrogens is 476 g/mol. The molecule has 36 heavy (non-hydrogen) atoms. The Morgan fingerprint density at radius 1 is 0.972 bits per heavy atom. The van der Waals surface area contributed by atoms with Crippen molar-refractivity contribution in [1.82, 2.24) is 9.80 Å². The topological polar surface area (TPSA) is 68.3 Å². The van der Waals surface area contributed by atoms with E-state index < -0.39 is 0 Å². The van der Waals surface area contributed by atoms with Gasteiger partial charge in [0, 0.05) is 37.6 Å². The average Bonchev–Trinajstić information content (AvgIpc) is 3.44. The molecule has 2 heterocycles. The van der Waals surface area contributed by atoms with Crippen molar-refractivity contribution in [3.8, 4) is 5.75 Å². The van der Waals surface area contributed by atoms with Gasteiger partial charge in [-0.15, -0.1) is 11.3 Å². The lowest BCUT2D eigenvalue weighted by Gasteiger charge is -2.36. The Bertz CT molecular complexity index is 1130. The van der Waals surface area contributed by atoms with E-state index in [9.17, 15) is 9.59 Å². The van der Waals surface area contributed by atoms with E-state index >= 15 is 0 Å². The number of esters is 1. The van der Waals surface area contributed by atoms with Crippen LogP contribution in [0.4, 0.5) is 0 Å². The molecule has 0 spiro atoms. The molecule has 2 aromatic carbocycles. The molecule has 1 aliphatic rings. The lowest BCUT2D eigenvalue weighted by Crippen LogP contribution is -2.50.